The van der Waals surface area contributed by atoms with E-state index in [0.29, 0.717) is 38.4 Å². The summed E-state index contributed by atoms with van der Waals surface area (Å²) in [6.07, 6.45) is 0. The largest absolute Gasteiger partial charge is 0.378 e. The van der Waals surface area contributed by atoms with Crippen LogP contribution >= 0.6 is 0 Å². The van der Waals surface area contributed by atoms with E-state index in [2.05, 4.69) is 10.2 Å². The van der Waals surface area contributed by atoms with Gasteiger partial charge in [-0.2, -0.15) is 15.0 Å². The lowest BCUT2D eigenvalue weighted by Crippen LogP contribution is -2.40. The summed E-state index contributed by atoms with van der Waals surface area (Å²) in [5, 5.41) is 9.28. The molecule has 6 nitrogen and oxygen atoms in total. The number of carbonyl (C=O) groups is 1. The number of aryl methyl sites for hydroxylation is 1. The second-order valence-corrected chi connectivity index (χ2v) is 6.44. The SMILES string of the molecule is CCn1nc(-c2ccccc2)c(-c2cccc(C(=O)N3CCOCC3)c2)n1. The first-order valence-corrected chi connectivity index (χ1v) is 9.24. The highest BCUT2D eigenvalue weighted by Gasteiger charge is 2.20. The van der Waals surface area contributed by atoms with E-state index in [1.807, 2.05) is 66.4 Å². The number of amides is 1. The highest BCUT2D eigenvalue weighted by molar-refractivity contribution is 5.96. The number of benzene rings is 2. The van der Waals surface area contributed by atoms with Crippen LogP contribution in [0.3, 0.4) is 0 Å². The molecule has 0 saturated carbocycles. The third-order valence-electron chi connectivity index (χ3n) is 4.67. The van der Waals surface area contributed by atoms with Crippen molar-refractivity contribution in [2.24, 2.45) is 0 Å². The standard InChI is InChI=1S/C21H22N4O2/c1-2-25-22-19(16-7-4-3-5-8-16)20(23-25)17-9-6-10-18(15-17)21(26)24-11-13-27-14-12-24/h3-10,15H,2,11-14H2,1H3. The molecule has 1 aromatic heterocycles. The summed E-state index contributed by atoms with van der Waals surface area (Å²) >= 11 is 0. The van der Waals surface area contributed by atoms with E-state index in [1.54, 1.807) is 4.80 Å². The van der Waals surface area contributed by atoms with E-state index in [-0.39, 0.29) is 5.91 Å². The zero-order chi connectivity index (χ0) is 18.6. The molecule has 0 N–H and O–H groups in total. The van der Waals surface area contributed by atoms with Crippen LogP contribution in [0.5, 0.6) is 0 Å². The molecule has 2 aromatic carbocycles. The summed E-state index contributed by atoms with van der Waals surface area (Å²) in [5.74, 6) is 0.0318. The van der Waals surface area contributed by atoms with Gasteiger partial charge in [-0.25, -0.2) is 0 Å². The fourth-order valence-corrected chi connectivity index (χ4v) is 3.22. The number of rotatable bonds is 4. The third kappa shape index (κ3) is 3.61. The number of carbonyl (C=O) groups excluding carboxylic acids is 1. The molecular formula is C21H22N4O2. The fourth-order valence-electron chi connectivity index (χ4n) is 3.22. The van der Waals surface area contributed by atoms with Crippen molar-refractivity contribution in [1.82, 2.24) is 19.9 Å². The van der Waals surface area contributed by atoms with Gasteiger partial charge in [-0.15, -0.1) is 0 Å². The Balaban J connectivity index is 1.72. The molecule has 0 unspecified atom stereocenters. The second-order valence-electron chi connectivity index (χ2n) is 6.44. The van der Waals surface area contributed by atoms with Crippen LogP contribution in [-0.4, -0.2) is 52.1 Å². The van der Waals surface area contributed by atoms with Gasteiger partial charge in [0.2, 0.25) is 0 Å². The van der Waals surface area contributed by atoms with Gasteiger partial charge in [-0.3, -0.25) is 4.79 Å². The predicted octanol–water partition coefficient (Wildman–Crippen LogP) is 3.10. The maximum atomic E-state index is 12.8. The summed E-state index contributed by atoms with van der Waals surface area (Å²) in [6.45, 7) is 5.14. The average molecular weight is 362 g/mol. The second kappa shape index (κ2) is 7.72. The molecule has 1 aliphatic heterocycles. The maximum absolute atomic E-state index is 12.8. The van der Waals surface area contributed by atoms with E-state index in [0.717, 1.165) is 22.5 Å². The number of aromatic nitrogens is 3. The number of hydrogen-bond donors (Lipinski definition) is 0. The number of morpholine rings is 1. The zero-order valence-electron chi connectivity index (χ0n) is 15.3. The van der Waals surface area contributed by atoms with Crippen LogP contribution in [0, 0.1) is 0 Å². The first-order chi connectivity index (χ1) is 13.3. The molecule has 0 bridgehead atoms. The van der Waals surface area contributed by atoms with Gasteiger partial charge in [-0.1, -0.05) is 42.5 Å². The molecule has 2 heterocycles. The Hall–Kier alpha value is -2.99. The fraction of sp³-hybridized carbons (Fsp3) is 0.286. The quantitative estimate of drug-likeness (QED) is 0.716. The Kier molecular flexibility index (Phi) is 4.98. The Labute approximate surface area is 158 Å². The van der Waals surface area contributed by atoms with Crippen LogP contribution in [0.4, 0.5) is 0 Å². The Morgan fingerprint density at radius 3 is 2.33 bits per heavy atom. The molecule has 6 heteroatoms. The topological polar surface area (TPSA) is 60.2 Å². The molecule has 1 amide bonds. The number of nitrogens with zero attached hydrogens (tertiary/aromatic N) is 4. The van der Waals surface area contributed by atoms with Crippen LogP contribution in [0.25, 0.3) is 22.5 Å². The van der Waals surface area contributed by atoms with E-state index in [1.165, 1.54) is 0 Å². The molecule has 3 aromatic rings. The molecule has 0 aliphatic carbocycles. The molecule has 1 aliphatic rings. The molecule has 0 atom stereocenters. The minimum atomic E-state index is 0.0318. The van der Waals surface area contributed by atoms with Gasteiger partial charge in [0.1, 0.15) is 11.4 Å². The van der Waals surface area contributed by atoms with Gasteiger partial charge < -0.3 is 9.64 Å². The lowest BCUT2D eigenvalue weighted by molar-refractivity contribution is 0.0303. The van der Waals surface area contributed by atoms with Gasteiger partial charge in [0.05, 0.1) is 19.8 Å². The predicted molar refractivity (Wildman–Crippen MR) is 103 cm³/mol. The molecule has 1 saturated heterocycles. The molecule has 1 fully saturated rings. The first-order valence-electron chi connectivity index (χ1n) is 9.24. The highest BCUT2D eigenvalue weighted by Crippen LogP contribution is 2.29. The van der Waals surface area contributed by atoms with E-state index >= 15 is 0 Å². The molecule has 0 radical (unpaired) electrons. The van der Waals surface area contributed by atoms with Gasteiger partial charge in [0.25, 0.3) is 5.91 Å². The molecule has 0 spiro atoms. The lowest BCUT2D eigenvalue weighted by atomic mass is 10.0. The minimum Gasteiger partial charge on any atom is -0.378 e. The minimum absolute atomic E-state index is 0.0318. The Morgan fingerprint density at radius 1 is 0.963 bits per heavy atom. The molecule has 138 valence electrons. The van der Waals surface area contributed by atoms with Gasteiger partial charge >= 0.3 is 0 Å². The van der Waals surface area contributed by atoms with Crippen molar-refractivity contribution in [3.8, 4) is 22.5 Å². The molecule has 27 heavy (non-hydrogen) atoms. The smallest absolute Gasteiger partial charge is 0.254 e. The van der Waals surface area contributed by atoms with Crippen LogP contribution in [0.15, 0.2) is 54.6 Å². The van der Waals surface area contributed by atoms with Crippen molar-refractivity contribution in [3.05, 3.63) is 60.2 Å². The van der Waals surface area contributed by atoms with Crippen molar-refractivity contribution < 1.29 is 9.53 Å². The van der Waals surface area contributed by atoms with Crippen molar-refractivity contribution in [3.63, 3.8) is 0 Å². The van der Waals surface area contributed by atoms with Crippen molar-refractivity contribution in [1.29, 1.82) is 0 Å². The average Bonchev–Trinajstić information content (AvgIpc) is 3.19. The van der Waals surface area contributed by atoms with Crippen LogP contribution in [0.2, 0.25) is 0 Å². The normalized spacial score (nSPS) is 14.3. The van der Waals surface area contributed by atoms with Crippen molar-refractivity contribution >= 4 is 5.91 Å². The van der Waals surface area contributed by atoms with E-state index in [4.69, 9.17) is 4.74 Å². The highest BCUT2D eigenvalue weighted by atomic mass is 16.5. The van der Waals surface area contributed by atoms with Crippen LogP contribution < -0.4 is 0 Å². The zero-order valence-corrected chi connectivity index (χ0v) is 15.3. The summed E-state index contributed by atoms with van der Waals surface area (Å²) in [7, 11) is 0. The van der Waals surface area contributed by atoms with Crippen LogP contribution in [-0.2, 0) is 11.3 Å². The Morgan fingerprint density at radius 2 is 1.63 bits per heavy atom. The van der Waals surface area contributed by atoms with Gasteiger partial charge in [0, 0.05) is 29.8 Å². The van der Waals surface area contributed by atoms with Gasteiger partial charge in [-0.05, 0) is 19.1 Å². The Bertz CT molecular complexity index is 930. The number of ether oxygens (including phenoxy) is 1. The van der Waals surface area contributed by atoms with Crippen molar-refractivity contribution in [2.45, 2.75) is 13.5 Å². The maximum Gasteiger partial charge on any atom is 0.254 e. The molecular weight excluding hydrogens is 340 g/mol. The van der Waals surface area contributed by atoms with Gasteiger partial charge in [0.15, 0.2) is 0 Å². The monoisotopic (exact) mass is 362 g/mol. The third-order valence-corrected chi connectivity index (χ3v) is 4.67. The van der Waals surface area contributed by atoms with Crippen molar-refractivity contribution in [2.75, 3.05) is 26.3 Å². The van der Waals surface area contributed by atoms with E-state index in [9.17, 15) is 4.79 Å². The summed E-state index contributed by atoms with van der Waals surface area (Å²) in [6, 6.07) is 17.7. The summed E-state index contributed by atoms with van der Waals surface area (Å²) in [5.41, 5.74) is 4.19. The summed E-state index contributed by atoms with van der Waals surface area (Å²) in [4.78, 5) is 16.4. The molecule has 4 rings (SSSR count). The lowest BCUT2D eigenvalue weighted by Gasteiger charge is -2.27. The first kappa shape index (κ1) is 17.4. The van der Waals surface area contributed by atoms with Crippen LogP contribution in [0.1, 0.15) is 17.3 Å². The summed E-state index contributed by atoms with van der Waals surface area (Å²) < 4.78 is 5.34. The van der Waals surface area contributed by atoms with E-state index < -0.39 is 0 Å². The number of hydrogen-bond acceptors (Lipinski definition) is 4.